The first kappa shape index (κ1) is 25.7. The minimum Gasteiger partial charge on any atom is -0.481 e. The van der Waals surface area contributed by atoms with E-state index in [1.54, 1.807) is 20.0 Å². The van der Waals surface area contributed by atoms with Crippen molar-refractivity contribution in [3.05, 3.63) is 45.2 Å². The van der Waals surface area contributed by atoms with Gasteiger partial charge < -0.3 is 14.6 Å². The largest absolute Gasteiger partial charge is 0.481 e. The molecular formula is C26H29F3N4O3S. The van der Waals surface area contributed by atoms with Crippen molar-refractivity contribution in [2.45, 2.75) is 71.6 Å². The van der Waals surface area contributed by atoms with E-state index in [-0.39, 0.29) is 18.4 Å². The number of carbonyl (C=O) groups excluding carboxylic acids is 1. The van der Waals surface area contributed by atoms with Gasteiger partial charge in [0, 0.05) is 35.1 Å². The van der Waals surface area contributed by atoms with Crippen LogP contribution >= 0.6 is 11.3 Å². The van der Waals surface area contributed by atoms with E-state index < -0.39 is 22.6 Å². The van der Waals surface area contributed by atoms with E-state index in [4.69, 9.17) is 0 Å². The molecule has 0 spiro atoms. The Balaban J connectivity index is 1.37. The Hall–Kier alpha value is -2.95. The van der Waals surface area contributed by atoms with Crippen LogP contribution in [-0.4, -0.2) is 43.0 Å². The van der Waals surface area contributed by atoms with Gasteiger partial charge in [-0.05, 0) is 69.6 Å². The number of carbonyl (C=O) groups is 2. The van der Waals surface area contributed by atoms with Gasteiger partial charge in [-0.25, -0.2) is 9.97 Å². The number of aliphatic carboxylic acids is 1. The van der Waals surface area contributed by atoms with Gasteiger partial charge in [-0.3, -0.25) is 9.59 Å². The number of nitrogens with zero attached hydrogens (tertiary/aromatic N) is 4. The van der Waals surface area contributed by atoms with Gasteiger partial charge in [0.05, 0.1) is 24.2 Å². The summed E-state index contributed by atoms with van der Waals surface area (Å²) in [5, 5.41) is 9.57. The summed E-state index contributed by atoms with van der Waals surface area (Å²) in [6, 6.07) is 3.81. The molecule has 3 aromatic rings. The quantitative estimate of drug-likeness (QED) is 0.472. The lowest BCUT2D eigenvalue weighted by atomic mass is 9.71. The van der Waals surface area contributed by atoms with Crippen LogP contribution in [-0.2, 0) is 35.3 Å². The van der Waals surface area contributed by atoms with E-state index in [2.05, 4.69) is 9.97 Å². The third-order valence-corrected chi connectivity index (χ3v) is 9.18. The Kier molecular flexibility index (Phi) is 6.54. The molecule has 0 bridgehead atoms. The predicted octanol–water partition coefficient (Wildman–Crippen LogP) is 5.42. The van der Waals surface area contributed by atoms with Crippen molar-refractivity contribution in [2.24, 2.45) is 11.3 Å². The minimum atomic E-state index is -4.49. The second kappa shape index (κ2) is 9.41. The molecule has 1 fully saturated rings. The average molecular weight is 535 g/mol. The normalized spacial score (nSPS) is 22.3. The van der Waals surface area contributed by atoms with Gasteiger partial charge in [-0.2, -0.15) is 13.2 Å². The number of amides is 1. The van der Waals surface area contributed by atoms with E-state index in [0.29, 0.717) is 79.2 Å². The molecule has 4 heterocycles. The average Bonchev–Trinajstić information content (AvgIpc) is 3.38. The van der Waals surface area contributed by atoms with Crippen molar-refractivity contribution in [3.8, 4) is 0 Å². The molecule has 198 valence electrons. The third-order valence-electron chi connectivity index (χ3n) is 7.99. The lowest BCUT2D eigenvalue weighted by Crippen LogP contribution is -2.39. The van der Waals surface area contributed by atoms with E-state index in [0.717, 1.165) is 16.6 Å². The molecule has 2 aliphatic rings. The van der Waals surface area contributed by atoms with Crippen molar-refractivity contribution < 1.29 is 27.9 Å². The topological polar surface area (TPSA) is 88.3 Å². The molecule has 3 aromatic heterocycles. The van der Waals surface area contributed by atoms with Crippen LogP contribution in [0.5, 0.6) is 0 Å². The minimum absolute atomic E-state index is 0.0349. The second-order valence-electron chi connectivity index (χ2n) is 10.5. The van der Waals surface area contributed by atoms with Crippen molar-refractivity contribution in [3.63, 3.8) is 0 Å². The number of rotatable bonds is 5. The molecule has 0 aromatic carbocycles. The highest BCUT2D eigenvalue weighted by molar-refractivity contribution is 7.11. The molecule has 0 saturated heterocycles. The van der Waals surface area contributed by atoms with Crippen LogP contribution in [0.2, 0.25) is 0 Å². The summed E-state index contributed by atoms with van der Waals surface area (Å²) in [6.07, 6.45) is 0.765. The van der Waals surface area contributed by atoms with Crippen molar-refractivity contribution in [1.82, 2.24) is 19.4 Å². The molecule has 0 radical (unpaired) electrons. The summed E-state index contributed by atoms with van der Waals surface area (Å²) < 4.78 is 41.7. The first-order valence-electron chi connectivity index (χ1n) is 12.5. The van der Waals surface area contributed by atoms with Gasteiger partial charge in [-0.15, -0.1) is 11.3 Å². The number of carboxylic acid groups (broad SMARTS) is 1. The van der Waals surface area contributed by atoms with Crippen LogP contribution in [0.25, 0.3) is 11.0 Å². The smallest absolute Gasteiger partial charge is 0.443 e. The Morgan fingerprint density at radius 2 is 2.00 bits per heavy atom. The zero-order valence-electron chi connectivity index (χ0n) is 20.8. The lowest BCUT2D eigenvalue weighted by molar-refractivity contribution is -0.150. The Bertz CT molecular complexity index is 1360. The fourth-order valence-corrected chi connectivity index (χ4v) is 6.51. The fraction of sp³-hybridized carbons (Fsp3) is 0.538. The number of halogens is 3. The van der Waals surface area contributed by atoms with Gasteiger partial charge in [0.15, 0.2) is 5.01 Å². The van der Waals surface area contributed by atoms with Crippen LogP contribution in [0, 0.1) is 18.3 Å². The molecular weight excluding hydrogens is 505 g/mol. The number of aryl methyl sites for hydroxylation is 1. The molecule has 1 aliphatic heterocycles. The number of pyridine rings is 1. The van der Waals surface area contributed by atoms with Crippen LogP contribution in [0.4, 0.5) is 13.2 Å². The number of hydrogen-bond donors (Lipinski definition) is 1. The summed E-state index contributed by atoms with van der Waals surface area (Å²) in [5.74, 6) is -0.581. The second-order valence-corrected chi connectivity index (χ2v) is 11.6. The van der Waals surface area contributed by atoms with Gasteiger partial charge in [0.2, 0.25) is 5.91 Å². The molecule has 0 atom stereocenters. The molecule has 1 N–H and O–H groups in total. The van der Waals surface area contributed by atoms with Gasteiger partial charge in [0.25, 0.3) is 0 Å². The van der Waals surface area contributed by atoms with Crippen LogP contribution in [0.3, 0.4) is 0 Å². The van der Waals surface area contributed by atoms with E-state index in [1.165, 1.54) is 0 Å². The third kappa shape index (κ3) is 4.85. The Morgan fingerprint density at radius 3 is 2.65 bits per heavy atom. The standard InChI is InChI=1S/C26H29F3N4O3S/c1-15-20(37-23(31-15)26(27,28)29)14-33-19-13-32(11-7-17(19)18-4-3-10-30-22(18)33)21(34)12-16-5-8-25(2,9-6-16)24(35)36/h3-4,10,16H,5-9,11-14H2,1-2H3,(H,35,36)/t16-,25-. The fourth-order valence-electron chi connectivity index (χ4n) is 5.59. The van der Waals surface area contributed by atoms with Gasteiger partial charge in [0.1, 0.15) is 5.65 Å². The van der Waals surface area contributed by atoms with Crippen molar-refractivity contribution in [1.29, 1.82) is 0 Å². The Morgan fingerprint density at radius 1 is 1.27 bits per heavy atom. The maximum Gasteiger partial charge on any atom is 0.443 e. The molecule has 1 saturated carbocycles. The van der Waals surface area contributed by atoms with Gasteiger partial charge in [-0.1, -0.05) is 0 Å². The first-order chi connectivity index (χ1) is 17.5. The molecule has 11 heteroatoms. The van der Waals surface area contributed by atoms with Crippen LogP contribution in [0.15, 0.2) is 18.3 Å². The molecule has 37 heavy (non-hydrogen) atoms. The monoisotopic (exact) mass is 534 g/mol. The van der Waals surface area contributed by atoms with E-state index >= 15 is 0 Å². The summed E-state index contributed by atoms with van der Waals surface area (Å²) >= 11 is 0.649. The van der Waals surface area contributed by atoms with E-state index in [1.807, 2.05) is 21.6 Å². The van der Waals surface area contributed by atoms with Crippen LogP contribution < -0.4 is 0 Å². The van der Waals surface area contributed by atoms with Crippen LogP contribution in [0.1, 0.15) is 65.9 Å². The zero-order valence-corrected chi connectivity index (χ0v) is 21.6. The summed E-state index contributed by atoms with van der Waals surface area (Å²) in [5.41, 5.74) is 2.31. The number of alkyl halides is 3. The number of thiazole rings is 1. The molecule has 1 amide bonds. The predicted molar refractivity (Wildman–Crippen MR) is 132 cm³/mol. The molecule has 7 nitrogen and oxygen atoms in total. The molecule has 5 rings (SSSR count). The SMILES string of the molecule is Cc1nc(C(F)(F)F)sc1Cn1c2c(c3cccnc31)CCN(C(=O)C[C@H]1CC[C@](C)(C(=O)O)CC1)C2. The molecule has 1 aliphatic carbocycles. The number of fused-ring (bicyclic) bond motifs is 3. The zero-order chi connectivity index (χ0) is 26.5. The number of carboxylic acids is 1. The van der Waals surface area contributed by atoms with Gasteiger partial charge >= 0.3 is 12.1 Å². The van der Waals surface area contributed by atoms with Crippen molar-refractivity contribution in [2.75, 3.05) is 6.54 Å². The first-order valence-corrected chi connectivity index (χ1v) is 13.3. The highest BCUT2D eigenvalue weighted by Crippen LogP contribution is 2.41. The lowest BCUT2D eigenvalue weighted by Gasteiger charge is -2.35. The Labute approximate surface area is 216 Å². The molecule has 0 unspecified atom stereocenters. The van der Waals surface area contributed by atoms with E-state index in [9.17, 15) is 27.9 Å². The number of aromatic nitrogens is 3. The maximum absolute atomic E-state index is 13.3. The summed E-state index contributed by atoms with van der Waals surface area (Å²) in [4.78, 5) is 35.4. The maximum atomic E-state index is 13.3. The highest BCUT2D eigenvalue weighted by Gasteiger charge is 2.39. The summed E-state index contributed by atoms with van der Waals surface area (Å²) in [6.45, 7) is 4.50. The van der Waals surface area contributed by atoms with Crippen molar-refractivity contribution >= 4 is 34.2 Å². The number of hydrogen-bond acceptors (Lipinski definition) is 5. The summed E-state index contributed by atoms with van der Waals surface area (Å²) in [7, 11) is 0. The highest BCUT2D eigenvalue weighted by atomic mass is 32.1.